The van der Waals surface area contributed by atoms with Gasteiger partial charge < -0.3 is 10.0 Å². The Balaban J connectivity index is 1.52. The van der Waals surface area contributed by atoms with E-state index in [0.717, 1.165) is 25.8 Å². The van der Waals surface area contributed by atoms with Gasteiger partial charge in [-0.15, -0.1) is 0 Å². The Kier molecular flexibility index (Phi) is 7.59. The Morgan fingerprint density at radius 2 is 1.70 bits per heavy atom. The molecule has 4 nitrogen and oxygen atoms in total. The van der Waals surface area contributed by atoms with E-state index in [4.69, 9.17) is 5.11 Å². The average molecular weight is 498 g/mol. The molecule has 2 aromatic rings. The monoisotopic (exact) mass is 497 g/mol. The zero-order valence-corrected chi connectivity index (χ0v) is 23.2. The summed E-state index contributed by atoms with van der Waals surface area (Å²) >= 11 is 0. The first-order valence-electron chi connectivity index (χ1n) is 13.4. The van der Waals surface area contributed by atoms with Crippen molar-refractivity contribution in [2.45, 2.75) is 71.1 Å². The minimum absolute atomic E-state index is 0.0363. The zero-order valence-electron chi connectivity index (χ0n) is 23.2. The molecular formula is C33H41N2O2+. The molecule has 0 atom stereocenters. The topological polar surface area (TPSA) is 43.6 Å². The van der Waals surface area contributed by atoms with E-state index in [0.29, 0.717) is 0 Å². The molecule has 0 bridgehead atoms. The minimum atomic E-state index is -0.712. The van der Waals surface area contributed by atoms with Gasteiger partial charge in [0.25, 0.3) is 0 Å². The summed E-state index contributed by atoms with van der Waals surface area (Å²) < 4.78 is 2.31. The second-order valence-corrected chi connectivity index (χ2v) is 11.4. The molecule has 2 aliphatic rings. The van der Waals surface area contributed by atoms with Gasteiger partial charge in [-0.05, 0) is 57.4 Å². The summed E-state index contributed by atoms with van der Waals surface area (Å²) in [6.45, 7) is 12.2. The second-order valence-electron chi connectivity index (χ2n) is 11.4. The number of benzene rings is 2. The van der Waals surface area contributed by atoms with Crippen molar-refractivity contribution in [2.24, 2.45) is 0 Å². The van der Waals surface area contributed by atoms with Crippen LogP contribution < -0.4 is 4.90 Å². The number of aryl methyl sites for hydroxylation is 1. The largest absolute Gasteiger partial charge is 0.481 e. The fourth-order valence-corrected chi connectivity index (χ4v) is 5.91. The van der Waals surface area contributed by atoms with Crippen LogP contribution in [-0.4, -0.2) is 35.0 Å². The maximum absolute atomic E-state index is 10.9. The summed E-state index contributed by atoms with van der Waals surface area (Å²) in [5, 5.41) is 8.94. The third-order valence-corrected chi connectivity index (χ3v) is 7.99. The van der Waals surface area contributed by atoms with Gasteiger partial charge in [-0.3, -0.25) is 4.79 Å². The number of nitrogens with zero attached hydrogens (tertiary/aromatic N) is 2. The van der Waals surface area contributed by atoms with Gasteiger partial charge in [0.1, 0.15) is 7.05 Å². The fourth-order valence-electron chi connectivity index (χ4n) is 5.91. The lowest BCUT2D eigenvalue weighted by molar-refractivity contribution is -0.401. The van der Waals surface area contributed by atoms with Crippen LogP contribution in [0.15, 0.2) is 78.5 Å². The van der Waals surface area contributed by atoms with Crippen molar-refractivity contribution >= 4 is 23.1 Å². The number of aliphatic carboxylic acids is 1. The molecule has 0 radical (unpaired) electrons. The number of allylic oxidation sites excluding steroid dienone is 6. The quantitative estimate of drug-likeness (QED) is 0.222. The van der Waals surface area contributed by atoms with Crippen LogP contribution >= 0.6 is 0 Å². The first-order chi connectivity index (χ1) is 17.5. The first-order valence-corrected chi connectivity index (χ1v) is 13.4. The van der Waals surface area contributed by atoms with Crippen LogP contribution in [-0.2, 0) is 15.6 Å². The molecule has 0 saturated carbocycles. The number of fused-ring (bicyclic) bond motifs is 2. The number of hydrogen-bond acceptors (Lipinski definition) is 2. The molecule has 4 rings (SSSR count). The van der Waals surface area contributed by atoms with Gasteiger partial charge in [-0.25, -0.2) is 0 Å². The number of unbranched alkanes of at least 4 members (excludes halogenated alkanes) is 2. The van der Waals surface area contributed by atoms with E-state index < -0.39 is 5.97 Å². The van der Waals surface area contributed by atoms with E-state index in [2.05, 4.69) is 124 Å². The predicted molar refractivity (Wildman–Crippen MR) is 154 cm³/mol. The summed E-state index contributed by atoms with van der Waals surface area (Å²) in [5.41, 5.74) is 9.01. The summed E-state index contributed by atoms with van der Waals surface area (Å²) in [7, 11) is 2.15. The highest BCUT2D eigenvalue weighted by atomic mass is 16.4. The van der Waals surface area contributed by atoms with Crippen molar-refractivity contribution in [3.63, 3.8) is 0 Å². The van der Waals surface area contributed by atoms with Crippen LogP contribution in [0.5, 0.6) is 0 Å². The molecule has 2 aromatic carbocycles. The van der Waals surface area contributed by atoms with Crippen molar-refractivity contribution < 1.29 is 14.5 Å². The van der Waals surface area contributed by atoms with Crippen LogP contribution in [0.2, 0.25) is 0 Å². The Bertz CT molecular complexity index is 1310. The van der Waals surface area contributed by atoms with Crippen molar-refractivity contribution in [2.75, 3.05) is 18.5 Å². The molecule has 0 spiro atoms. The first kappa shape index (κ1) is 26.7. The average Bonchev–Trinajstić information content (AvgIpc) is 3.17. The molecule has 0 unspecified atom stereocenters. The van der Waals surface area contributed by atoms with Crippen molar-refractivity contribution in [3.8, 4) is 0 Å². The molecule has 0 amide bonds. The molecule has 194 valence electrons. The van der Waals surface area contributed by atoms with Gasteiger partial charge in [0.2, 0.25) is 5.69 Å². The van der Waals surface area contributed by atoms with Crippen molar-refractivity contribution in [1.82, 2.24) is 0 Å². The summed E-state index contributed by atoms with van der Waals surface area (Å²) in [6.07, 6.45) is 13.8. The molecular weight excluding hydrogens is 456 g/mol. The van der Waals surface area contributed by atoms with Crippen LogP contribution in [0, 0.1) is 6.92 Å². The highest BCUT2D eigenvalue weighted by molar-refractivity contribution is 6.03. The van der Waals surface area contributed by atoms with E-state index in [1.54, 1.807) is 0 Å². The highest BCUT2D eigenvalue weighted by Crippen LogP contribution is 2.47. The summed E-state index contributed by atoms with van der Waals surface area (Å²) in [6, 6.07) is 15.4. The summed E-state index contributed by atoms with van der Waals surface area (Å²) in [4.78, 5) is 13.3. The van der Waals surface area contributed by atoms with Crippen molar-refractivity contribution in [3.05, 3.63) is 95.2 Å². The number of para-hydroxylation sites is 1. The molecule has 0 aliphatic carbocycles. The van der Waals surface area contributed by atoms with Crippen LogP contribution in [0.3, 0.4) is 0 Å². The third kappa shape index (κ3) is 5.20. The number of hydrogen-bond donors (Lipinski definition) is 1. The Labute approximate surface area is 222 Å². The number of carbonyl (C=O) groups is 1. The van der Waals surface area contributed by atoms with Crippen LogP contribution in [0.25, 0.3) is 0 Å². The molecule has 0 saturated heterocycles. The van der Waals surface area contributed by atoms with Gasteiger partial charge in [-0.1, -0.05) is 68.3 Å². The molecule has 2 aliphatic heterocycles. The number of rotatable bonds is 9. The lowest BCUT2D eigenvalue weighted by atomic mass is 9.81. The maximum atomic E-state index is 10.9. The van der Waals surface area contributed by atoms with Crippen LogP contribution in [0.4, 0.5) is 11.4 Å². The van der Waals surface area contributed by atoms with Gasteiger partial charge in [0.05, 0.1) is 5.41 Å². The summed E-state index contributed by atoms with van der Waals surface area (Å²) in [5.74, 6) is -0.712. The second kappa shape index (κ2) is 10.5. The van der Waals surface area contributed by atoms with Crippen molar-refractivity contribution in [1.29, 1.82) is 0 Å². The number of carboxylic acid groups (broad SMARTS) is 1. The predicted octanol–water partition coefficient (Wildman–Crippen LogP) is 7.44. The SMILES string of the molecule is Cc1ccc2c(c1)C(C)(C)C(/C=C/C=C/C=C1\N(CCCCCC(=O)O)c3ccccc3C1(C)C)=[N+]2C. The zero-order chi connectivity index (χ0) is 26.8. The molecule has 1 N–H and O–H groups in total. The molecule has 0 aromatic heterocycles. The van der Waals surface area contributed by atoms with Gasteiger partial charge >= 0.3 is 5.97 Å². The Morgan fingerprint density at radius 1 is 0.946 bits per heavy atom. The fraction of sp³-hybridized carbons (Fsp3) is 0.394. The number of anilines is 1. The Morgan fingerprint density at radius 3 is 2.46 bits per heavy atom. The number of carboxylic acids is 1. The van der Waals surface area contributed by atoms with Gasteiger partial charge in [-0.2, -0.15) is 4.58 Å². The van der Waals surface area contributed by atoms with E-state index in [1.807, 2.05) is 0 Å². The minimum Gasteiger partial charge on any atom is -0.481 e. The lowest BCUT2D eigenvalue weighted by Crippen LogP contribution is -2.27. The molecule has 4 heteroatoms. The third-order valence-electron chi connectivity index (χ3n) is 7.99. The van der Waals surface area contributed by atoms with Gasteiger partial charge in [0.15, 0.2) is 5.71 Å². The van der Waals surface area contributed by atoms with E-state index >= 15 is 0 Å². The molecule has 2 heterocycles. The Hall–Kier alpha value is -3.40. The standard InChI is InChI=1S/C33H40N2O2/c1-24-20-21-27-26(23-24)33(4,5)29(34(27)6)17-9-7-10-18-30-32(2,3)25-15-12-13-16-28(25)35(30)22-14-8-11-19-31(36)37/h7,9-10,12-13,15-18,20-21,23H,8,11,14,19,22H2,1-6H3/p+1. The van der Waals surface area contributed by atoms with E-state index in [-0.39, 0.29) is 17.3 Å². The smallest absolute Gasteiger partial charge is 0.303 e. The van der Waals surface area contributed by atoms with Gasteiger partial charge in [0, 0.05) is 47.5 Å². The van der Waals surface area contributed by atoms with E-state index in [9.17, 15) is 4.79 Å². The van der Waals surface area contributed by atoms with E-state index in [1.165, 1.54) is 39.5 Å². The van der Waals surface area contributed by atoms with Crippen LogP contribution in [0.1, 0.15) is 70.1 Å². The highest BCUT2D eigenvalue weighted by Gasteiger charge is 2.43. The lowest BCUT2D eigenvalue weighted by Gasteiger charge is -2.27. The maximum Gasteiger partial charge on any atom is 0.303 e. The normalized spacial score (nSPS) is 18.9. The molecule has 37 heavy (non-hydrogen) atoms. The molecule has 0 fully saturated rings.